The van der Waals surface area contributed by atoms with Crippen molar-refractivity contribution in [2.24, 2.45) is 5.73 Å². The fraction of sp³-hybridized carbons (Fsp3) is 0.333. The second-order valence-corrected chi connectivity index (χ2v) is 4.01. The van der Waals surface area contributed by atoms with E-state index in [0.717, 1.165) is 6.07 Å². The highest BCUT2D eigenvalue weighted by atomic mass is 19.4. The molecule has 2 rings (SSSR count). The molecule has 0 aliphatic heterocycles. The van der Waals surface area contributed by atoms with Crippen molar-refractivity contribution in [1.29, 1.82) is 0 Å². The molecule has 0 aliphatic carbocycles. The predicted octanol–water partition coefficient (Wildman–Crippen LogP) is 3.51. The molecule has 17 heavy (non-hydrogen) atoms. The molecule has 1 atom stereocenters. The van der Waals surface area contributed by atoms with Crippen molar-refractivity contribution < 1.29 is 17.6 Å². The first-order valence-electron chi connectivity index (χ1n) is 5.22. The Morgan fingerprint density at radius 3 is 2.65 bits per heavy atom. The van der Waals surface area contributed by atoms with Gasteiger partial charge in [-0.15, -0.1) is 0 Å². The highest BCUT2D eigenvalue weighted by molar-refractivity contribution is 5.84. The molecule has 2 N–H and O–H groups in total. The van der Waals surface area contributed by atoms with Crippen molar-refractivity contribution >= 4 is 11.0 Å². The van der Waals surface area contributed by atoms with Crippen molar-refractivity contribution in [3.05, 3.63) is 35.6 Å². The van der Waals surface area contributed by atoms with E-state index in [4.69, 9.17) is 10.2 Å². The lowest BCUT2D eigenvalue weighted by molar-refractivity contribution is -0.136. The van der Waals surface area contributed by atoms with E-state index in [0.29, 0.717) is 17.5 Å². The van der Waals surface area contributed by atoms with Crippen molar-refractivity contribution in [2.75, 3.05) is 6.54 Å². The molecule has 0 saturated carbocycles. The van der Waals surface area contributed by atoms with Gasteiger partial charge in [-0.2, -0.15) is 13.2 Å². The molecule has 0 spiro atoms. The summed E-state index contributed by atoms with van der Waals surface area (Å²) in [5, 5.41) is 0.484. The number of hydrogen-bond donors (Lipinski definition) is 1. The Bertz CT molecular complexity index is 530. The second-order valence-electron chi connectivity index (χ2n) is 4.01. The fourth-order valence-electron chi connectivity index (χ4n) is 1.81. The molecule has 92 valence electrons. The largest absolute Gasteiger partial charge is 0.463 e. The van der Waals surface area contributed by atoms with Crippen LogP contribution in [0.25, 0.3) is 11.0 Å². The van der Waals surface area contributed by atoms with Crippen LogP contribution in [0.2, 0.25) is 0 Å². The van der Waals surface area contributed by atoms with Gasteiger partial charge in [0.25, 0.3) is 0 Å². The summed E-state index contributed by atoms with van der Waals surface area (Å²) in [6.07, 6.45) is -3.04. The third-order valence-electron chi connectivity index (χ3n) is 2.82. The van der Waals surface area contributed by atoms with Gasteiger partial charge in [-0.3, -0.25) is 0 Å². The normalized spacial score (nSPS) is 14.2. The molecule has 0 bridgehead atoms. The summed E-state index contributed by atoms with van der Waals surface area (Å²) in [5.74, 6) is -0.0280. The van der Waals surface area contributed by atoms with E-state index in [-0.39, 0.29) is 11.5 Å². The van der Waals surface area contributed by atoms with Gasteiger partial charge in [0, 0.05) is 10.9 Å². The quantitative estimate of drug-likeness (QED) is 0.876. The van der Waals surface area contributed by atoms with Gasteiger partial charge in [0.15, 0.2) is 0 Å². The van der Waals surface area contributed by atoms with Crippen LogP contribution in [0, 0.1) is 0 Å². The van der Waals surface area contributed by atoms with Crippen molar-refractivity contribution in [1.82, 2.24) is 0 Å². The fourth-order valence-corrected chi connectivity index (χ4v) is 1.81. The maximum absolute atomic E-state index is 12.7. The first kappa shape index (κ1) is 12.0. The molecule has 0 aliphatic rings. The van der Waals surface area contributed by atoms with Gasteiger partial charge in [0.1, 0.15) is 5.58 Å². The van der Waals surface area contributed by atoms with Crippen LogP contribution < -0.4 is 5.73 Å². The molecular weight excluding hydrogens is 231 g/mol. The zero-order chi connectivity index (χ0) is 12.6. The Morgan fingerprint density at radius 1 is 1.35 bits per heavy atom. The van der Waals surface area contributed by atoms with E-state index in [1.54, 1.807) is 6.07 Å². The van der Waals surface area contributed by atoms with E-state index in [1.165, 1.54) is 12.3 Å². The van der Waals surface area contributed by atoms with Gasteiger partial charge in [0.05, 0.1) is 11.8 Å². The number of hydrogen-bond acceptors (Lipinski definition) is 2. The molecular formula is C12H12F3NO. The standard InChI is InChI=1S/C12H12F3NO/c1-7(5-16)9-6-17-11-8(9)3-2-4-10(11)12(13,14)15/h2-4,6-7H,5,16H2,1H3. The first-order chi connectivity index (χ1) is 7.95. The lowest BCUT2D eigenvalue weighted by Crippen LogP contribution is -2.08. The van der Waals surface area contributed by atoms with E-state index < -0.39 is 11.7 Å². The van der Waals surface area contributed by atoms with Crippen LogP contribution in [0.5, 0.6) is 0 Å². The van der Waals surface area contributed by atoms with Crippen LogP contribution in [-0.4, -0.2) is 6.54 Å². The molecule has 0 saturated heterocycles. The smallest absolute Gasteiger partial charge is 0.420 e. The van der Waals surface area contributed by atoms with Gasteiger partial charge >= 0.3 is 6.18 Å². The zero-order valence-electron chi connectivity index (χ0n) is 9.21. The highest BCUT2D eigenvalue weighted by Crippen LogP contribution is 2.37. The number of alkyl halides is 3. The van der Waals surface area contributed by atoms with Gasteiger partial charge in [0.2, 0.25) is 0 Å². The predicted molar refractivity (Wildman–Crippen MR) is 58.7 cm³/mol. The van der Waals surface area contributed by atoms with Crippen LogP contribution in [0.1, 0.15) is 24.0 Å². The van der Waals surface area contributed by atoms with Crippen LogP contribution >= 0.6 is 0 Å². The number of furan rings is 1. The Morgan fingerprint density at radius 2 is 2.06 bits per heavy atom. The molecule has 0 radical (unpaired) electrons. The summed E-state index contributed by atoms with van der Waals surface area (Å²) < 4.78 is 43.2. The van der Waals surface area contributed by atoms with E-state index in [1.807, 2.05) is 6.92 Å². The van der Waals surface area contributed by atoms with Crippen molar-refractivity contribution in [2.45, 2.75) is 19.0 Å². The number of nitrogens with two attached hydrogens (primary N) is 1. The monoisotopic (exact) mass is 243 g/mol. The molecule has 5 heteroatoms. The Kier molecular flexibility index (Phi) is 2.87. The molecule has 1 heterocycles. The van der Waals surface area contributed by atoms with E-state index in [2.05, 4.69) is 0 Å². The molecule has 2 aromatic rings. The highest BCUT2D eigenvalue weighted by Gasteiger charge is 2.34. The van der Waals surface area contributed by atoms with Crippen LogP contribution in [0.4, 0.5) is 13.2 Å². The first-order valence-corrected chi connectivity index (χ1v) is 5.22. The molecule has 1 unspecified atom stereocenters. The summed E-state index contributed by atoms with van der Waals surface area (Å²) >= 11 is 0. The summed E-state index contributed by atoms with van der Waals surface area (Å²) in [5.41, 5.74) is 5.37. The van der Waals surface area contributed by atoms with Gasteiger partial charge in [-0.1, -0.05) is 19.1 Å². The maximum Gasteiger partial charge on any atom is 0.420 e. The SMILES string of the molecule is CC(CN)c1coc2c(C(F)(F)F)cccc12. The van der Waals surface area contributed by atoms with Crippen LogP contribution in [0.15, 0.2) is 28.9 Å². The maximum atomic E-state index is 12.7. The number of rotatable bonds is 2. The van der Waals surface area contributed by atoms with Gasteiger partial charge < -0.3 is 10.2 Å². The average Bonchev–Trinajstić information content (AvgIpc) is 2.69. The lowest BCUT2D eigenvalue weighted by atomic mass is 9.99. The zero-order valence-corrected chi connectivity index (χ0v) is 9.21. The topological polar surface area (TPSA) is 39.2 Å². The van der Waals surface area contributed by atoms with Gasteiger partial charge in [-0.25, -0.2) is 0 Å². The van der Waals surface area contributed by atoms with E-state index >= 15 is 0 Å². The van der Waals surface area contributed by atoms with Crippen LogP contribution in [0.3, 0.4) is 0 Å². The summed E-state index contributed by atoms with van der Waals surface area (Å²) in [6, 6.07) is 4.02. The Balaban J connectivity index is 2.65. The summed E-state index contributed by atoms with van der Waals surface area (Å²) in [6.45, 7) is 2.22. The summed E-state index contributed by atoms with van der Waals surface area (Å²) in [4.78, 5) is 0. The molecule has 1 aromatic carbocycles. The third-order valence-corrected chi connectivity index (χ3v) is 2.82. The Labute approximate surface area is 96.2 Å². The van der Waals surface area contributed by atoms with Gasteiger partial charge in [-0.05, 0) is 18.5 Å². The minimum atomic E-state index is -4.40. The van der Waals surface area contributed by atoms with E-state index in [9.17, 15) is 13.2 Å². The number of halogens is 3. The number of benzene rings is 1. The third kappa shape index (κ3) is 2.02. The Hall–Kier alpha value is -1.49. The van der Waals surface area contributed by atoms with Crippen LogP contribution in [-0.2, 0) is 6.18 Å². The lowest BCUT2D eigenvalue weighted by Gasteiger charge is -2.08. The second kappa shape index (κ2) is 4.07. The summed E-state index contributed by atoms with van der Waals surface area (Å²) in [7, 11) is 0. The number of para-hydroxylation sites is 1. The average molecular weight is 243 g/mol. The minimum Gasteiger partial charge on any atom is -0.463 e. The van der Waals surface area contributed by atoms with Crippen molar-refractivity contribution in [3.8, 4) is 0 Å². The minimum absolute atomic E-state index is 0.0280. The molecule has 0 amide bonds. The molecule has 0 fully saturated rings. The molecule has 2 nitrogen and oxygen atoms in total. The van der Waals surface area contributed by atoms with Crippen molar-refractivity contribution in [3.63, 3.8) is 0 Å². The number of fused-ring (bicyclic) bond motifs is 1. The molecule has 1 aromatic heterocycles.